The van der Waals surface area contributed by atoms with Crippen molar-refractivity contribution in [1.82, 2.24) is 4.90 Å². The van der Waals surface area contributed by atoms with Crippen molar-refractivity contribution < 1.29 is 9.18 Å². The van der Waals surface area contributed by atoms with E-state index in [1.165, 1.54) is 11.0 Å². The highest BCUT2D eigenvalue weighted by Crippen LogP contribution is 2.27. The predicted octanol–water partition coefficient (Wildman–Crippen LogP) is 2.68. The van der Waals surface area contributed by atoms with Crippen LogP contribution in [0.5, 0.6) is 0 Å². The molecule has 2 rings (SSSR count). The molecule has 1 aromatic carbocycles. The molecule has 3 nitrogen and oxygen atoms in total. The van der Waals surface area contributed by atoms with Crippen LogP contribution in [0.4, 0.5) is 10.1 Å². The fraction of sp³-hybridized carbons (Fsp3) is 0.562. The number of carbonyl (C=O) groups excluding carboxylic acids is 1. The Morgan fingerprint density at radius 3 is 2.75 bits per heavy atom. The molecule has 0 aliphatic carbocycles. The van der Waals surface area contributed by atoms with Crippen molar-refractivity contribution in [3.8, 4) is 0 Å². The summed E-state index contributed by atoms with van der Waals surface area (Å²) in [4.78, 5) is 16.3. The summed E-state index contributed by atoms with van der Waals surface area (Å²) in [6, 6.07) is 4.99. The highest BCUT2D eigenvalue weighted by Gasteiger charge is 2.32. The topological polar surface area (TPSA) is 23.6 Å². The van der Waals surface area contributed by atoms with Crippen LogP contribution in [0.1, 0.15) is 18.9 Å². The predicted molar refractivity (Wildman–Crippen MR) is 79.3 cm³/mol. The number of anilines is 1. The zero-order valence-corrected chi connectivity index (χ0v) is 12.7. The Morgan fingerprint density at radius 2 is 2.15 bits per heavy atom. The van der Waals surface area contributed by atoms with Gasteiger partial charge in [-0.25, -0.2) is 4.39 Å². The van der Waals surface area contributed by atoms with Crippen LogP contribution >= 0.6 is 0 Å². The summed E-state index contributed by atoms with van der Waals surface area (Å²) in [5.74, 6) is -0.0242. The SMILES string of the molecule is Cc1ccc(N(C)C(=O)[C@H]2CCN(C)C[C@H]2C)c(F)c1. The zero-order valence-electron chi connectivity index (χ0n) is 12.7. The molecule has 0 bridgehead atoms. The lowest BCUT2D eigenvalue weighted by molar-refractivity contribution is -0.125. The lowest BCUT2D eigenvalue weighted by Crippen LogP contribution is -2.45. The Labute approximate surface area is 120 Å². The molecule has 0 N–H and O–H groups in total. The van der Waals surface area contributed by atoms with Gasteiger partial charge in [-0.1, -0.05) is 13.0 Å². The average Bonchev–Trinajstić information content (AvgIpc) is 2.37. The maximum atomic E-state index is 14.0. The van der Waals surface area contributed by atoms with Crippen molar-refractivity contribution in [3.05, 3.63) is 29.6 Å². The molecule has 4 heteroatoms. The van der Waals surface area contributed by atoms with E-state index in [4.69, 9.17) is 0 Å². The van der Waals surface area contributed by atoms with Crippen molar-refractivity contribution >= 4 is 11.6 Å². The summed E-state index contributed by atoms with van der Waals surface area (Å²) < 4.78 is 14.0. The number of halogens is 1. The van der Waals surface area contributed by atoms with Crippen molar-refractivity contribution in [1.29, 1.82) is 0 Å². The van der Waals surface area contributed by atoms with Crippen molar-refractivity contribution in [3.63, 3.8) is 0 Å². The quantitative estimate of drug-likeness (QED) is 0.830. The summed E-state index contributed by atoms with van der Waals surface area (Å²) in [7, 11) is 3.74. The first-order chi connectivity index (χ1) is 9.40. The van der Waals surface area contributed by atoms with Gasteiger partial charge in [0, 0.05) is 19.5 Å². The number of rotatable bonds is 2. The lowest BCUT2D eigenvalue weighted by Gasteiger charge is -2.35. The van der Waals surface area contributed by atoms with Crippen molar-refractivity contribution in [2.45, 2.75) is 20.3 Å². The smallest absolute Gasteiger partial charge is 0.230 e. The molecule has 1 saturated heterocycles. The van der Waals surface area contributed by atoms with Crippen LogP contribution in [-0.4, -0.2) is 38.0 Å². The third-order valence-electron chi connectivity index (χ3n) is 4.22. The van der Waals surface area contributed by atoms with E-state index in [0.29, 0.717) is 11.6 Å². The number of piperidine rings is 1. The van der Waals surface area contributed by atoms with E-state index >= 15 is 0 Å². The summed E-state index contributed by atoms with van der Waals surface area (Å²) in [6.07, 6.45) is 0.842. The minimum absolute atomic E-state index is 0.0168. The zero-order chi connectivity index (χ0) is 14.9. The normalized spacial score (nSPS) is 23.6. The van der Waals surface area contributed by atoms with Crippen LogP contribution < -0.4 is 4.90 Å². The van der Waals surface area contributed by atoms with Gasteiger partial charge in [0.2, 0.25) is 5.91 Å². The summed E-state index contributed by atoms with van der Waals surface area (Å²) in [5.41, 5.74) is 1.23. The number of nitrogens with zero attached hydrogens (tertiary/aromatic N) is 2. The van der Waals surface area contributed by atoms with Gasteiger partial charge in [-0.05, 0) is 50.6 Å². The molecule has 1 amide bonds. The molecule has 20 heavy (non-hydrogen) atoms. The van der Waals surface area contributed by atoms with Gasteiger partial charge in [0.1, 0.15) is 5.82 Å². The van der Waals surface area contributed by atoms with Gasteiger partial charge in [0.25, 0.3) is 0 Å². The first-order valence-corrected chi connectivity index (χ1v) is 7.12. The van der Waals surface area contributed by atoms with Crippen LogP contribution in [-0.2, 0) is 4.79 Å². The Kier molecular flexibility index (Phi) is 4.43. The van der Waals surface area contributed by atoms with E-state index in [9.17, 15) is 9.18 Å². The Balaban J connectivity index is 2.16. The second-order valence-corrected chi connectivity index (χ2v) is 5.99. The lowest BCUT2D eigenvalue weighted by atomic mass is 9.86. The molecule has 1 aliphatic rings. The van der Waals surface area contributed by atoms with Gasteiger partial charge in [-0.3, -0.25) is 4.79 Å². The van der Waals surface area contributed by atoms with Gasteiger partial charge in [-0.15, -0.1) is 0 Å². The Hall–Kier alpha value is -1.42. The number of hydrogen-bond donors (Lipinski definition) is 0. The highest BCUT2D eigenvalue weighted by atomic mass is 19.1. The third kappa shape index (κ3) is 3.01. The first-order valence-electron chi connectivity index (χ1n) is 7.12. The number of benzene rings is 1. The molecule has 110 valence electrons. The van der Waals surface area contributed by atoms with Gasteiger partial charge in [0.05, 0.1) is 5.69 Å². The van der Waals surface area contributed by atoms with E-state index in [0.717, 1.165) is 25.1 Å². The molecule has 0 saturated carbocycles. The average molecular weight is 278 g/mol. The fourth-order valence-electron chi connectivity index (χ4n) is 2.97. The van der Waals surface area contributed by atoms with Gasteiger partial charge < -0.3 is 9.80 Å². The first kappa shape index (κ1) is 15.0. The molecule has 2 atom stereocenters. The standard InChI is InChI=1S/C16H23FN2O/c1-11-5-6-15(14(17)9-11)19(4)16(20)13-7-8-18(3)10-12(13)2/h5-6,9,12-13H,7-8,10H2,1-4H3/t12-,13+/m1/s1. The number of carbonyl (C=O) groups is 1. The van der Waals surface area contributed by atoms with Crippen LogP contribution in [0.2, 0.25) is 0 Å². The molecule has 0 radical (unpaired) electrons. The Bertz CT molecular complexity index is 503. The van der Waals surface area contributed by atoms with Crippen LogP contribution in [0.15, 0.2) is 18.2 Å². The van der Waals surface area contributed by atoms with Crippen molar-refractivity contribution in [2.75, 3.05) is 32.1 Å². The van der Waals surface area contributed by atoms with Gasteiger partial charge >= 0.3 is 0 Å². The summed E-state index contributed by atoms with van der Waals surface area (Å²) >= 11 is 0. The maximum absolute atomic E-state index is 14.0. The largest absolute Gasteiger partial charge is 0.313 e. The summed E-state index contributed by atoms with van der Waals surface area (Å²) in [5, 5.41) is 0. The summed E-state index contributed by atoms with van der Waals surface area (Å²) in [6.45, 7) is 5.77. The van der Waals surface area contributed by atoms with E-state index < -0.39 is 0 Å². The molecular weight excluding hydrogens is 255 g/mol. The monoisotopic (exact) mass is 278 g/mol. The van der Waals surface area contributed by atoms with E-state index in [1.807, 2.05) is 13.0 Å². The Morgan fingerprint density at radius 1 is 1.45 bits per heavy atom. The van der Waals surface area contributed by atoms with E-state index in [-0.39, 0.29) is 17.6 Å². The van der Waals surface area contributed by atoms with E-state index in [2.05, 4.69) is 18.9 Å². The van der Waals surface area contributed by atoms with Gasteiger partial charge in [0.15, 0.2) is 0 Å². The molecule has 0 aromatic heterocycles. The second kappa shape index (κ2) is 5.92. The van der Waals surface area contributed by atoms with Crippen LogP contribution in [0.3, 0.4) is 0 Å². The third-order valence-corrected chi connectivity index (χ3v) is 4.22. The molecule has 1 aromatic rings. The van der Waals surface area contributed by atoms with E-state index in [1.54, 1.807) is 13.1 Å². The highest BCUT2D eigenvalue weighted by molar-refractivity contribution is 5.94. The van der Waals surface area contributed by atoms with Crippen molar-refractivity contribution in [2.24, 2.45) is 11.8 Å². The minimum Gasteiger partial charge on any atom is -0.313 e. The fourth-order valence-corrected chi connectivity index (χ4v) is 2.97. The number of likely N-dealkylation sites (tertiary alicyclic amines) is 1. The van der Waals surface area contributed by atoms with Gasteiger partial charge in [-0.2, -0.15) is 0 Å². The van der Waals surface area contributed by atoms with Crippen LogP contribution in [0, 0.1) is 24.6 Å². The number of amides is 1. The number of aryl methyl sites for hydroxylation is 1. The molecule has 0 unspecified atom stereocenters. The molecule has 1 fully saturated rings. The molecule has 0 spiro atoms. The molecule has 1 heterocycles. The molecule has 1 aliphatic heterocycles. The molecular formula is C16H23FN2O. The maximum Gasteiger partial charge on any atom is 0.230 e. The second-order valence-electron chi connectivity index (χ2n) is 5.99. The number of hydrogen-bond acceptors (Lipinski definition) is 2. The minimum atomic E-state index is -0.332. The van der Waals surface area contributed by atoms with Crippen LogP contribution in [0.25, 0.3) is 0 Å².